The van der Waals surface area contributed by atoms with Crippen LogP contribution in [0.3, 0.4) is 0 Å². The number of rotatable bonds is 9. The summed E-state index contributed by atoms with van der Waals surface area (Å²) in [5.41, 5.74) is 1.23. The van der Waals surface area contributed by atoms with Crippen molar-refractivity contribution in [3.05, 3.63) is 41.0 Å². The van der Waals surface area contributed by atoms with Gasteiger partial charge in [0.2, 0.25) is 0 Å². The number of benzene rings is 1. The van der Waals surface area contributed by atoms with Gasteiger partial charge in [0.05, 0.1) is 19.1 Å². The highest BCUT2D eigenvalue weighted by molar-refractivity contribution is 7.18. The molecule has 0 amide bonds. The Morgan fingerprint density at radius 2 is 1.94 bits per heavy atom. The SMILES string of the molecule is COCCOc1ccc(CN2CCC(Nc3ncnc4sc(C)cc34)CC2)cc1OC. The number of fused-ring (bicyclic) bond motifs is 1. The van der Waals surface area contributed by atoms with Crippen LogP contribution < -0.4 is 14.8 Å². The monoisotopic (exact) mass is 442 g/mol. The highest BCUT2D eigenvalue weighted by Gasteiger charge is 2.21. The number of thiophene rings is 1. The number of methoxy groups -OCH3 is 2. The summed E-state index contributed by atoms with van der Waals surface area (Å²) in [6, 6.07) is 8.78. The number of likely N-dealkylation sites (tertiary alicyclic amines) is 1. The second-order valence-electron chi connectivity index (χ2n) is 7.82. The number of nitrogens with zero attached hydrogens (tertiary/aromatic N) is 3. The minimum atomic E-state index is 0.431. The van der Waals surface area contributed by atoms with Gasteiger partial charge >= 0.3 is 0 Å². The molecule has 0 unspecified atom stereocenters. The zero-order valence-corrected chi connectivity index (χ0v) is 19.2. The van der Waals surface area contributed by atoms with Crippen molar-refractivity contribution < 1.29 is 14.2 Å². The van der Waals surface area contributed by atoms with Gasteiger partial charge in [-0.1, -0.05) is 6.07 Å². The largest absolute Gasteiger partial charge is 0.493 e. The second-order valence-corrected chi connectivity index (χ2v) is 9.05. The maximum Gasteiger partial charge on any atom is 0.161 e. The Labute approximate surface area is 187 Å². The van der Waals surface area contributed by atoms with E-state index in [1.54, 1.807) is 31.9 Å². The fourth-order valence-electron chi connectivity index (χ4n) is 3.94. The van der Waals surface area contributed by atoms with E-state index in [1.165, 1.54) is 10.4 Å². The van der Waals surface area contributed by atoms with Crippen LogP contribution in [0.15, 0.2) is 30.6 Å². The van der Waals surface area contributed by atoms with Crippen LogP contribution in [0, 0.1) is 6.92 Å². The summed E-state index contributed by atoms with van der Waals surface area (Å²) in [6.45, 7) is 6.17. The van der Waals surface area contributed by atoms with Crippen molar-refractivity contribution in [2.45, 2.75) is 32.4 Å². The number of aryl methyl sites for hydroxylation is 1. The van der Waals surface area contributed by atoms with Gasteiger partial charge < -0.3 is 19.5 Å². The summed E-state index contributed by atoms with van der Waals surface area (Å²) >= 11 is 1.71. The fourth-order valence-corrected chi connectivity index (χ4v) is 4.79. The molecule has 0 saturated carbocycles. The van der Waals surface area contributed by atoms with Crippen molar-refractivity contribution in [1.29, 1.82) is 0 Å². The van der Waals surface area contributed by atoms with Crippen molar-refractivity contribution in [3.8, 4) is 11.5 Å². The predicted octanol–water partition coefficient (Wildman–Crippen LogP) is 4.11. The Morgan fingerprint density at radius 3 is 2.71 bits per heavy atom. The van der Waals surface area contributed by atoms with Crippen LogP contribution >= 0.6 is 11.3 Å². The molecule has 0 spiro atoms. The minimum Gasteiger partial charge on any atom is -0.493 e. The van der Waals surface area contributed by atoms with Crippen molar-refractivity contribution in [2.24, 2.45) is 0 Å². The number of ether oxygens (including phenoxy) is 3. The predicted molar refractivity (Wildman–Crippen MR) is 124 cm³/mol. The van der Waals surface area contributed by atoms with Crippen LogP contribution in [0.25, 0.3) is 10.2 Å². The molecule has 3 heterocycles. The quantitative estimate of drug-likeness (QED) is 0.500. The number of piperidine rings is 1. The Bertz CT molecular complexity index is 1000. The fraction of sp³-hybridized carbons (Fsp3) is 0.478. The summed E-state index contributed by atoms with van der Waals surface area (Å²) in [6.07, 6.45) is 3.83. The maximum absolute atomic E-state index is 5.73. The molecule has 1 fully saturated rings. The minimum absolute atomic E-state index is 0.431. The third-order valence-electron chi connectivity index (χ3n) is 5.56. The topological polar surface area (TPSA) is 68.7 Å². The van der Waals surface area contributed by atoms with E-state index in [4.69, 9.17) is 14.2 Å². The van der Waals surface area contributed by atoms with Crippen molar-refractivity contribution in [3.63, 3.8) is 0 Å². The van der Waals surface area contributed by atoms with Gasteiger partial charge in [-0.15, -0.1) is 11.3 Å². The molecule has 0 atom stereocenters. The zero-order chi connectivity index (χ0) is 21.6. The van der Waals surface area contributed by atoms with E-state index in [-0.39, 0.29) is 0 Å². The van der Waals surface area contributed by atoms with Crippen LogP contribution in [0.4, 0.5) is 5.82 Å². The third kappa shape index (κ3) is 5.44. The van der Waals surface area contributed by atoms with Gasteiger partial charge in [-0.3, -0.25) is 4.90 Å². The maximum atomic E-state index is 5.73. The molecule has 2 aromatic heterocycles. The summed E-state index contributed by atoms with van der Waals surface area (Å²) in [5.74, 6) is 2.48. The van der Waals surface area contributed by atoms with Crippen LogP contribution in [-0.4, -0.2) is 61.4 Å². The van der Waals surface area contributed by atoms with Crippen LogP contribution in [0.5, 0.6) is 11.5 Å². The third-order valence-corrected chi connectivity index (χ3v) is 6.52. The Kier molecular flexibility index (Phi) is 7.21. The number of anilines is 1. The Balaban J connectivity index is 1.31. The molecule has 3 aromatic rings. The smallest absolute Gasteiger partial charge is 0.161 e. The van der Waals surface area contributed by atoms with Gasteiger partial charge in [-0.2, -0.15) is 0 Å². The highest BCUT2D eigenvalue weighted by Crippen LogP contribution is 2.30. The van der Waals surface area contributed by atoms with Crippen LogP contribution in [0.1, 0.15) is 23.3 Å². The van der Waals surface area contributed by atoms with Gasteiger partial charge in [0.1, 0.15) is 23.6 Å². The lowest BCUT2D eigenvalue weighted by Gasteiger charge is -2.32. The molecular formula is C23H30N4O3S. The summed E-state index contributed by atoms with van der Waals surface area (Å²) in [7, 11) is 3.35. The molecule has 0 aliphatic carbocycles. The van der Waals surface area contributed by atoms with Gasteiger partial charge in [0.15, 0.2) is 11.5 Å². The molecule has 0 bridgehead atoms. The van der Waals surface area contributed by atoms with E-state index in [9.17, 15) is 0 Å². The first kappa shape index (κ1) is 21.8. The average Bonchev–Trinajstić information content (AvgIpc) is 3.17. The van der Waals surface area contributed by atoms with Gasteiger partial charge in [0, 0.05) is 37.7 Å². The first-order valence-corrected chi connectivity index (χ1v) is 11.5. The Hall–Kier alpha value is -2.42. The first-order chi connectivity index (χ1) is 15.2. The van der Waals surface area contributed by atoms with Crippen molar-refractivity contribution in [2.75, 3.05) is 45.8 Å². The molecule has 31 heavy (non-hydrogen) atoms. The van der Waals surface area contributed by atoms with Crippen molar-refractivity contribution in [1.82, 2.24) is 14.9 Å². The molecule has 1 aliphatic heterocycles. The second kappa shape index (κ2) is 10.3. The number of hydrogen-bond acceptors (Lipinski definition) is 8. The molecule has 1 aliphatic rings. The molecule has 0 radical (unpaired) electrons. The standard InChI is InChI=1S/C23H30N4O3S/c1-16-12-19-22(24-15-25-23(19)31-16)26-18-6-8-27(9-7-18)14-17-4-5-20(21(13-17)29-3)30-11-10-28-2/h4-5,12-13,15,18H,6-11,14H2,1-3H3,(H,24,25,26). The summed E-state index contributed by atoms with van der Waals surface area (Å²) < 4.78 is 16.3. The lowest BCUT2D eigenvalue weighted by atomic mass is 10.0. The van der Waals surface area contributed by atoms with E-state index in [2.05, 4.69) is 45.3 Å². The van der Waals surface area contributed by atoms with Gasteiger partial charge in [0.25, 0.3) is 0 Å². The van der Waals surface area contributed by atoms with E-state index < -0.39 is 0 Å². The van der Waals surface area contributed by atoms with Gasteiger partial charge in [-0.25, -0.2) is 9.97 Å². The normalized spacial score (nSPS) is 15.3. The molecule has 1 N–H and O–H groups in total. The molecule has 8 heteroatoms. The molecule has 4 rings (SSSR count). The summed E-state index contributed by atoms with van der Waals surface area (Å²) in [5, 5.41) is 4.79. The van der Waals surface area contributed by atoms with Crippen LogP contribution in [-0.2, 0) is 11.3 Å². The lowest BCUT2D eigenvalue weighted by Crippen LogP contribution is -2.38. The van der Waals surface area contributed by atoms with E-state index in [0.717, 1.165) is 60.0 Å². The zero-order valence-electron chi connectivity index (χ0n) is 18.4. The molecule has 1 saturated heterocycles. The van der Waals surface area contributed by atoms with Crippen LogP contribution in [0.2, 0.25) is 0 Å². The van der Waals surface area contributed by atoms with Gasteiger partial charge in [-0.05, 0) is 43.5 Å². The average molecular weight is 443 g/mol. The molecular weight excluding hydrogens is 412 g/mol. The van der Waals surface area contributed by atoms with E-state index in [1.807, 2.05) is 6.07 Å². The molecule has 1 aromatic carbocycles. The number of nitrogens with one attached hydrogen (secondary N) is 1. The molecule has 7 nitrogen and oxygen atoms in total. The number of aromatic nitrogens is 2. The lowest BCUT2D eigenvalue weighted by molar-refractivity contribution is 0.144. The Morgan fingerprint density at radius 1 is 1.10 bits per heavy atom. The first-order valence-electron chi connectivity index (χ1n) is 10.6. The molecule has 166 valence electrons. The van der Waals surface area contributed by atoms with E-state index >= 15 is 0 Å². The van der Waals surface area contributed by atoms with Crippen molar-refractivity contribution >= 4 is 27.4 Å². The van der Waals surface area contributed by atoms with E-state index in [0.29, 0.717) is 19.3 Å². The highest BCUT2D eigenvalue weighted by atomic mass is 32.1. The number of hydrogen-bond donors (Lipinski definition) is 1. The summed E-state index contributed by atoms with van der Waals surface area (Å²) in [4.78, 5) is 13.7.